The van der Waals surface area contributed by atoms with Gasteiger partial charge in [-0.3, -0.25) is 4.79 Å². The number of para-hydroxylation sites is 1. The van der Waals surface area contributed by atoms with E-state index in [0.29, 0.717) is 15.8 Å². The second-order valence-electron chi connectivity index (χ2n) is 6.29. The molecule has 0 radical (unpaired) electrons. The molecule has 1 N–H and O–H groups in total. The highest BCUT2D eigenvalue weighted by Crippen LogP contribution is 2.21. The molecule has 3 aromatic rings. The molecule has 1 heterocycles. The molecule has 0 saturated heterocycles. The molecule has 0 spiro atoms. The molecule has 26 heavy (non-hydrogen) atoms. The Labute approximate surface area is 152 Å². The van der Waals surface area contributed by atoms with Gasteiger partial charge in [0.05, 0.1) is 20.6 Å². The fraction of sp³-hybridized carbons (Fsp3) is 0.263. The van der Waals surface area contributed by atoms with Gasteiger partial charge in [-0.15, -0.1) is 4.47 Å². The standard InChI is InChI=1S/C19H21N3O3S/c1-13(2)26(25,15-9-5-4-6-10-15)21-22-18(14(3)23)20-17-12-8-7-11-16(17)19(22)24/h4-14,23H,1-3H3/t14-,26-/m0/s1. The van der Waals surface area contributed by atoms with Crippen LogP contribution in [-0.4, -0.2) is 24.2 Å². The summed E-state index contributed by atoms with van der Waals surface area (Å²) in [5.74, 6) is 0.0676. The average molecular weight is 371 g/mol. The maximum atomic E-state index is 13.7. The highest BCUT2D eigenvalue weighted by molar-refractivity contribution is 7.94. The van der Waals surface area contributed by atoms with Crippen molar-refractivity contribution < 1.29 is 9.32 Å². The van der Waals surface area contributed by atoms with Crippen LogP contribution < -0.4 is 5.56 Å². The molecule has 0 aliphatic carbocycles. The summed E-state index contributed by atoms with van der Waals surface area (Å²) < 4.78 is 19.0. The molecule has 1 aromatic heterocycles. The number of hydrogen-bond donors (Lipinski definition) is 1. The lowest BCUT2D eigenvalue weighted by molar-refractivity contribution is 0.183. The van der Waals surface area contributed by atoms with Crippen molar-refractivity contribution in [3.8, 4) is 0 Å². The predicted molar refractivity (Wildman–Crippen MR) is 102 cm³/mol. The topological polar surface area (TPSA) is 84.6 Å². The molecule has 6 nitrogen and oxygen atoms in total. The molecule has 7 heteroatoms. The van der Waals surface area contributed by atoms with E-state index >= 15 is 0 Å². The van der Waals surface area contributed by atoms with Gasteiger partial charge in [-0.2, -0.15) is 4.68 Å². The molecule has 0 fully saturated rings. The first kappa shape index (κ1) is 18.3. The van der Waals surface area contributed by atoms with E-state index in [0.717, 1.165) is 4.68 Å². The predicted octanol–water partition coefficient (Wildman–Crippen LogP) is 3.15. The lowest BCUT2D eigenvalue weighted by Crippen LogP contribution is -2.26. The molecule has 0 aliphatic rings. The number of aliphatic hydroxyl groups excluding tert-OH is 1. The van der Waals surface area contributed by atoms with Crippen molar-refractivity contribution in [2.75, 3.05) is 0 Å². The molecule has 3 rings (SSSR count). The van der Waals surface area contributed by atoms with Gasteiger partial charge in [0, 0.05) is 10.1 Å². The molecule has 0 aliphatic heterocycles. The monoisotopic (exact) mass is 371 g/mol. The smallest absolute Gasteiger partial charge is 0.282 e. The molecule has 0 bridgehead atoms. The Balaban J connectivity index is 2.42. The van der Waals surface area contributed by atoms with Crippen LogP contribution in [0.3, 0.4) is 0 Å². The van der Waals surface area contributed by atoms with Crippen LogP contribution in [0.5, 0.6) is 0 Å². The first-order valence-electron chi connectivity index (χ1n) is 8.35. The minimum absolute atomic E-state index is 0.0676. The zero-order valence-corrected chi connectivity index (χ0v) is 15.7. The first-order valence-corrected chi connectivity index (χ1v) is 9.93. The van der Waals surface area contributed by atoms with E-state index in [1.54, 1.807) is 62.4 Å². The van der Waals surface area contributed by atoms with Crippen LogP contribution in [0.15, 0.2) is 68.8 Å². The number of rotatable bonds is 4. The average Bonchev–Trinajstić information content (AvgIpc) is 2.64. The lowest BCUT2D eigenvalue weighted by Gasteiger charge is -2.17. The van der Waals surface area contributed by atoms with Crippen molar-refractivity contribution in [1.82, 2.24) is 9.66 Å². The third-order valence-electron chi connectivity index (χ3n) is 4.08. The van der Waals surface area contributed by atoms with Gasteiger partial charge < -0.3 is 5.11 Å². The third kappa shape index (κ3) is 3.15. The van der Waals surface area contributed by atoms with Gasteiger partial charge in [-0.25, -0.2) is 9.19 Å². The minimum Gasteiger partial charge on any atom is -0.385 e. The quantitative estimate of drug-likeness (QED) is 0.763. The van der Waals surface area contributed by atoms with Crippen molar-refractivity contribution in [2.24, 2.45) is 4.47 Å². The fourth-order valence-electron chi connectivity index (χ4n) is 2.64. The number of fused-ring (bicyclic) bond motifs is 1. The van der Waals surface area contributed by atoms with Crippen LogP contribution >= 0.6 is 0 Å². The number of benzene rings is 2. The molecule has 0 saturated carbocycles. The SMILES string of the molecule is CC(C)[S@@](=O)(=Nn1c([C@H](C)O)nc2ccccc2c1=O)c1ccccc1. The largest absolute Gasteiger partial charge is 0.385 e. The second kappa shape index (κ2) is 7.01. The summed E-state index contributed by atoms with van der Waals surface area (Å²) in [7, 11) is -2.95. The molecule has 2 atom stereocenters. The van der Waals surface area contributed by atoms with Gasteiger partial charge in [-0.1, -0.05) is 30.3 Å². The van der Waals surface area contributed by atoms with Crippen LogP contribution in [0, 0.1) is 0 Å². The lowest BCUT2D eigenvalue weighted by atomic mass is 10.2. The highest BCUT2D eigenvalue weighted by atomic mass is 32.2. The van der Waals surface area contributed by atoms with Crippen molar-refractivity contribution in [3.05, 3.63) is 70.8 Å². The summed E-state index contributed by atoms with van der Waals surface area (Å²) in [4.78, 5) is 17.9. The zero-order valence-electron chi connectivity index (χ0n) is 14.9. The second-order valence-corrected chi connectivity index (χ2v) is 9.01. The third-order valence-corrected chi connectivity index (χ3v) is 6.71. The summed E-state index contributed by atoms with van der Waals surface area (Å²) in [6.07, 6.45) is -1.04. The van der Waals surface area contributed by atoms with Crippen LogP contribution in [0.2, 0.25) is 0 Å². The van der Waals surface area contributed by atoms with Gasteiger partial charge >= 0.3 is 0 Å². The molecule has 0 unspecified atom stereocenters. The number of nitrogens with zero attached hydrogens (tertiary/aromatic N) is 3. The Kier molecular flexibility index (Phi) is 4.93. The summed E-state index contributed by atoms with van der Waals surface area (Å²) >= 11 is 0. The van der Waals surface area contributed by atoms with Gasteiger partial charge in [0.25, 0.3) is 5.56 Å². The van der Waals surface area contributed by atoms with Crippen LogP contribution in [-0.2, 0) is 9.73 Å². The van der Waals surface area contributed by atoms with Gasteiger partial charge in [0.1, 0.15) is 6.10 Å². The Morgan fingerprint density at radius 3 is 2.27 bits per heavy atom. The summed E-state index contributed by atoms with van der Waals surface area (Å²) in [6, 6.07) is 15.7. The van der Waals surface area contributed by atoms with Crippen molar-refractivity contribution in [1.29, 1.82) is 0 Å². The first-order chi connectivity index (χ1) is 12.3. The molecule has 136 valence electrons. The highest BCUT2D eigenvalue weighted by Gasteiger charge is 2.21. The Morgan fingerprint density at radius 1 is 1.04 bits per heavy atom. The van der Waals surface area contributed by atoms with E-state index in [1.807, 2.05) is 6.07 Å². The van der Waals surface area contributed by atoms with E-state index in [9.17, 15) is 14.1 Å². The normalized spacial score (nSPS) is 15.0. The minimum atomic E-state index is -2.95. The van der Waals surface area contributed by atoms with E-state index in [-0.39, 0.29) is 11.1 Å². The van der Waals surface area contributed by atoms with Crippen LogP contribution in [0.4, 0.5) is 0 Å². The Bertz CT molecular complexity index is 1110. The fourth-order valence-corrected chi connectivity index (χ4v) is 4.42. The summed E-state index contributed by atoms with van der Waals surface area (Å²) in [5, 5.41) is 10.1. The molecule has 0 amide bonds. The van der Waals surface area contributed by atoms with Gasteiger partial charge in [0.15, 0.2) is 5.82 Å². The summed E-state index contributed by atoms with van der Waals surface area (Å²) in [6.45, 7) is 5.09. The number of aromatic nitrogens is 2. The zero-order chi connectivity index (χ0) is 18.9. The van der Waals surface area contributed by atoms with Crippen LogP contribution in [0.1, 0.15) is 32.7 Å². The maximum absolute atomic E-state index is 13.7. The number of hydrogen-bond acceptors (Lipinski definition) is 5. The van der Waals surface area contributed by atoms with E-state index in [2.05, 4.69) is 9.46 Å². The van der Waals surface area contributed by atoms with Gasteiger partial charge in [0.2, 0.25) is 0 Å². The maximum Gasteiger partial charge on any atom is 0.282 e. The van der Waals surface area contributed by atoms with Crippen molar-refractivity contribution >= 4 is 20.6 Å². The van der Waals surface area contributed by atoms with Gasteiger partial charge in [-0.05, 0) is 45.0 Å². The molecular weight excluding hydrogens is 350 g/mol. The van der Waals surface area contributed by atoms with E-state index in [1.165, 1.54) is 6.92 Å². The molecule has 2 aromatic carbocycles. The van der Waals surface area contributed by atoms with E-state index in [4.69, 9.17) is 0 Å². The van der Waals surface area contributed by atoms with Crippen molar-refractivity contribution in [2.45, 2.75) is 37.0 Å². The summed E-state index contributed by atoms with van der Waals surface area (Å²) in [5.41, 5.74) is 0.0198. The Hall–Kier alpha value is -2.51. The van der Waals surface area contributed by atoms with E-state index < -0.39 is 21.4 Å². The number of aliphatic hydroxyl groups is 1. The van der Waals surface area contributed by atoms with Crippen molar-refractivity contribution in [3.63, 3.8) is 0 Å². The van der Waals surface area contributed by atoms with Crippen LogP contribution in [0.25, 0.3) is 10.9 Å². The Morgan fingerprint density at radius 2 is 1.65 bits per heavy atom. The molecular formula is C19H21N3O3S.